The van der Waals surface area contributed by atoms with Gasteiger partial charge in [-0.05, 0) is 40.2 Å². The van der Waals surface area contributed by atoms with Crippen molar-refractivity contribution in [2.45, 2.75) is 46.3 Å². The molecule has 0 bridgehead atoms. The summed E-state index contributed by atoms with van der Waals surface area (Å²) in [5.41, 5.74) is 13.3. The van der Waals surface area contributed by atoms with E-state index < -0.39 is 17.6 Å². The maximum Gasteiger partial charge on any atom is 0.328 e. The van der Waals surface area contributed by atoms with E-state index in [2.05, 4.69) is 0 Å². The summed E-state index contributed by atoms with van der Waals surface area (Å²) in [6, 6.07) is 2.65. The first-order valence-corrected chi connectivity index (χ1v) is 6.67. The van der Waals surface area contributed by atoms with Gasteiger partial charge in [-0.2, -0.15) is 0 Å². The largest absolute Gasteiger partial charge is 0.491 e. The minimum atomic E-state index is -0.918. The van der Waals surface area contributed by atoms with E-state index in [0.29, 0.717) is 23.6 Å². The Hall–Kier alpha value is -1.75. The molecule has 0 aliphatic carbocycles. The smallest absolute Gasteiger partial charge is 0.328 e. The molecule has 1 rings (SSSR count). The van der Waals surface area contributed by atoms with Crippen LogP contribution in [0.15, 0.2) is 12.1 Å². The van der Waals surface area contributed by atoms with Crippen LogP contribution in [0.4, 0.5) is 5.69 Å². The molecule has 0 aromatic heterocycles. The van der Waals surface area contributed by atoms with Crippen molar-refractivity contribution in [2.75, 3.05) is 12.3 Å². The zero-order valence-electron chi connectivity index (χ0n) is 12.8. The van der Waals surface area contributed by atoms with E-state index in [1.807, 2.05) is 19.9 Å². The number of nitrogens with two attached hydrogens (primary N) is 2. The number of carbonyl (C=O) groups excluding carboxylic acids is 1. The highest BCUT2D eigenvalue weighted by atomic mass is 16.6. The van der Waals surface area contributed by atoms with Crippen LogP contribution in [-0.2, 0) is 9.53 Å². The topological polar surface area (TPSA) is 87.6 Å². The molecule has 20 heavy (non-hydrogen) atoms. The number of carbonyl (C=O) groups is 1. The van der Waals surface area contributed by atoms with E-state index >= 15 is 0 Å². The van der Waals surface area contributed by atoms with Gasteiger partial charge in [0, 0.05) is 5.56 Å². The molecule has 0 amide bonds. The number of aryl methyl sites for hydroxylation is 1. The van der Waals surface area contributed by atoms with Crippen LogP contribution in [0.5, 0.6) is 5.75 Å². The van der Waals surface area contributed by atoms with Crippen LogP contribution in [0.25, 0.3) is 0 Å². The Morgan fingerprint density at radius 2 is 1.95 bits per heavy atom. The average Bonchev–Trinajstić information content (AvgIpc) is 2.32. The Kier molecular flexibility index (Phi) is 5.00. The van der Waals surface area contributed by atoms with E-state index in [4.69, 9.17) is 20.9 Å². The molecular weight excluding hydrogens is 256 g/mol. The lowest BCUT2D eigenvalue weighted by atomic mass is 10.0. The van der Waals surface area contributed by atoms with Crippen molar-refractivity contribution >= 4 is 11.7 Å². The van der Waals surface area contributed by atoms with Crippen molar-refractivity contribution in [3.63, 3.8) is 0 Å². The second kappa shape index (κ2) is 6.13. The summed E-state index contributed by atoms with van der Waals surface area (Å²) in [7, 11) is 0. The van der Waals surface area contributed by atoms with Gasteiger partial charge in [0.2, 0.25) is 0 Å². The highest BCUT2D eigenvalue weighted by molar-refractivity contribution is 5.80. The molecule has 0 aliphatic rings. The lowest BCUT2D eigenvalue weighted by Gasteiger charge is -2.24. The molecule has 5 heteroatoms. The van der Waals surface area contributed by atoms with Crippen molar-refractivity contribution < 1.29 is 14.3 Å². The average molecular weight is 280 g/mol. The van der Waals surface area contributed by atoms with E-state index in [9.17, 15) is 4.79 Å². The molecule has 1 aromatic carbocycles. The highest BCUT2D eigenvalue weighted by Gasteiger charge is 2.27. The van der Waals surface area contributed by atoms with Gasteiger partial charge >= 0.3 is 5.97 Å². The molecule has 5 nitrogen and oxygen atoms in total. The van der Waals surface area contributed by atoms with E-state index in [1.54, 1.807) is 26.8 Å². The Morgan fingerprint density at radius 3 is 2.45 bits per heavy atom. The molecule has 0 radical (unpaired) electrons. The SMILES string of the molecule is CCOc1c(C(N)C(=O)OC(C)(C)C)ccc(C)c1N. The molecule has 0 saturated heterocycles. The van der Waals surface area contributed by atoms with E-state index in [-0.39, 0.29) is 0 Å². The normalized spacial score (nSPS) is 12.9. The number of esters is 1. The number of rotatable bonds is 4. The molecule has 0 spiro atoms. The number of ether oxygens (including phenoxy) is 2. The summed E-state index contributed by atoms with van der Waals surface area (Å²) >= 11 is 0. The fourth-order valence-corrected chi connectivity index (χ4v) is 1.76. The molecule has 1 unspecified atom stereocenters. The number of hydrogen-bond acceptors (Lipinski definition) is 5. The zero-order chi connectivity index (χ0) is 15.5. The van der Waals surface area contributed by atoms with Crippen LogP contribution in [0.2, 0.25) is 0 Å². The molecule has 0 saturated carbocycles. The third-order valence-electron chi connectivity index (χ3n) is 2.73. The van der Waals surface area contributed by atoms with Gasteiger partial charge in [0.15, 0.2) is 0 Å². The van der Waals surface area contributed by atoms with Crippen molar-refractivity contribution in [1.82, 2.24) is 0 Å². The van der Waals surface area contributed by atoms with Crippen LogP contribution in [-0.4, -0.2) is 18.2 Å². The van der Waals surface area contributed by atoms with Gasteiger partial charge in [-0.3, -0.25) is 0 Å². The molecule has 1 aromatic rings. The monoisotopic (exact) mass is 280 g/mol. The number of benzene rings is 1. The third-order valence-corrected chi connectivity index (χ3v) is 2.73. The summed E-state index contributed by atoms with van der Waals surface area (Å²) in [4.78, 5) is 12.1. The van der Waals surface area contributed by atoms with Crippen molar-refractivity contribution in [1.29, 1.82) is 0 Å². The number of hydrogen-bond donors (Lipinski definition) is 2. The zero-order valence-corrected chi connectivity index (χ0v) is 12.8. The van der Waals surface area contributed by atoms with Crippen LogP contribution in [0.1, 0.15) is 44.9 Å². The lowest BCUT2D eigenvalue weighted by molar-refractivity contribution is -0.156. The fraction of sp³-hybridized carbons (Fsp3) is 0.533. The van der Waals surface area contributed by atoms with Crippen LogP contribution in [0.3, 0.4) is 0 Å². The third kappa shape index (κ3) is 3.87. The van der Waals surface area contributed by atoms with Crippen molar-refractivity contribution in [3.05, 3.63) is 23.3 Å². The summed E-state index contributed by atoms with van der Waals surface area (Å²) in [5, 5.41) is 0. The molecule has 4 N–H and O–H groups in total. The van der Waals surface area contributed by atoms with Gasteiger partial charge in [0.05, 0.1) is 12.3 Å². The molecule has 0 heterocycles. The van der Waals surface area contributed by atoms with Gasteiger partial charge in [-0.1, -0.05) is 12.1 Å². The summed E-state index contributed by atoms with van der Waals surface area (Å²) in [5.74, 6) is -0.0347. The first-order valence-electron chi connectivity index (χ1n) is 6.67. The Bertz CT molecular complexity index is 493. The minimum Gasteiger partial charge on any atom is -0.491 e. The lowest BCUT2D eigenvalue weighted by Crippen LogP contribution is -2.32. The predicted molar refractivity (Wildman–Crippen MR) is 79.5 cm³/mol. The molecule has 0 fully saturated rings. The quantitative estimate of drug-likeness (QED) is 0.652. The van der Waals surface area contributed by atoms with E-state index in [1.165, 1.54) is 0 Å². The number of nitrogen functional groups attached to an aromatic ring is 1. The summed E-state index contributed by atoms with van der Waals surface area (Å²) in [6.45, 7) is 9.56. The van der Waals surface area contributed by atoms with Gasteiger partial charge in [0.25, 0.3) is 0 Å². The van der Waals surface area contributed by atoms with Crippen molar-refractivity contribution in [2.24, 2.45) is 5.73 Å². The molecular formula is C15H24N2O3. The maximum absolute atomic E-state index is 12.1. The Balaban J connectivity index is 3.12. The standard InChI is InChI=1S/C15H24N2O3/c1-6-19-13-10(8-7-9(2)11(13)16)12(17)14(18)20-15(3,4)5/h7-8,12H,6,16-17H2,1-5H3. The van der Waals surface area contributed by atoms with Gasteiger partial charge in [-0.25, -0.2) is 4.79 Å². The second-order valence-electron chi connectivity index (χ2n) is 5.66. The fourth-order valence-electron chi connectivity index (χ4n) is 1.76. The predicted octanol–water partition coefficient (Wildman–Crippen LogP) is 2.32. The highest BCUT2D eigenvalue weighted by Crippen LogP contribution is 2.33. The maximum atomic E-state index is 12.1. The first-order chi connectivity index (χ1) is 9.17. The molecule has 0 aliphatic heterocycles. The summed E-state index contributed by atoms with van der Waals surface area (Å²) < 4.78 is 10.8. The first kappa shape index (κ1) is 16.3. The Morgan fingerprint density at radius 1 is 1.35 bits per heavy atom. The number of anilines is 1. The van der Waals surface area contributed by atoms with Crippen molar-refractivity contribution in [3.8, 4) is 5.75 Å². The molecule has 1 atom stereocenters. The summed E-state index contributed by atoms with van der Waals surface area (Å²) in [6.07, 6.45) is 0. The Labute approximate surface area is 120 Å². The van der Waals surface area contributed by atoms with Gasteiger partial charge in [-0.15, -0.1) is 0 Å². The molecule has 112 valence electrons. The van der Waals surface area contributed by atoms with Gasteiger partial charge < -0.3 is 20.9 Å². The van der Waals surface area contributed by atoms with Crippen LogP contribution in [0, 0.1) is 6.92 Å². The minimum absolute atomic E-state index is 0.446. The van der Waals surface area contributed by atoms with E-state index in [0.717, 1.165) is 5.56 Å². The van der Waals surface area contributed by atoms with Crippen LogP contribution >= 0.6 is 0 Å². The second-order valence-corrected chi connectivity index (χ2v) is 5.66. The van der Waals surface area contributed by atoms with Gasteiger partial charge in [0.1, 0.15) is 17.4 Å². The van der Waals surface area contributed by atoms with Crippen LogP contribution < -0.4 is 16.2 Å².